The lowest BCUT2D eigenvalue weighted by atomic mass is 9.94. The Morgan fingerprint density at radius 3 is 2.38 bits per heavy atom. The van der Waals surface area contributed by atoms with Crippen molar-refractivity contribution in [3.05, 3.63) is 72.2 Å². The summed E-state index contributed by atoms with van der Waals surface area (Å²) in [4.78, 5) is 26.2. The number of allylic oxidation sites excluding steroid dienone is 4. The van der Waals surface area contributed by atoms with Crippen LogP contribution in [0.3, 0.4) is 0 Å². The molecule has 0 amide bonds. The Labute approximate surface area is 196 Å². The van der Waals surface area contributed by atoms with E-state index >= 15 is 0 Å². The van der Waals surface area contributed by atoms with Crippen molar-refractivity contribution >= 4 is 34.1 Å². The van der Waals surface area contributed by atoms with Crippen LogP contribution < -0.4 is 20.8 Å². The fraction of sp³-hybridized carbons (Fsp3) is 0.286. The summed E-state index contributed by atoms with van der Waals surface area (Å²) >= 11 is 0. The van der Waals surface area contributed by atoms with Crippen LogP contribution in [-0.4, -0.2) is 15.8 Å². The Balaban J connectivity index is 2.23. The Kier molecular flexibility index (Phi) is 5.64. The standard InChI is InChI=1S/C28H28O6/c1-14(2)7-9-16-19(29)13-20-22(23(16)30)25(32)21-17-11-12-28(5,6)34-27(17)24(31)18(26(21)33-20)10-8-15(3)4/h7-9,11-13,30,32H,10H2,1-6H3/b16-9+. The van der Waals surface area contributed by atoms with Gasteiger partial charge in [-0.25, -0.2) is 0 Å². The van der Waals surface area contributed by atoms with E-state index in [1.807, 2.05) is 47.6 Å². The van der Waals surface area contributed by atoms with Gasteiger partial charge in [0.25, 0.3) is 0 Å². The molecule has 176 valence electrons. The Morgan fingerprint density at radius 1 is 1.03 bits per heavy atom. The van der Waals surface area contributed by atoms with Crippen molar-refractivity contribution < 1.29 is 19.4 Å². The number of phenols is 1. The lowest BCUT2D eigenvalue weighted by molar-refractivity contribution is 0.157. The van der Waals surface area contributed by atoms with Gasteiger partial charge < -0.3 is 19.4 Å². The lowest BCUT2D eigenvalue weighted by Gasteiger charge is -2.28. The molecule has 0 spiro atoms. The molecule has 0 aliphatic carbocycles. The summed E-state index contributed by atoms with van der Waals surface area (Å²) in [5, 5.41) is 22.7. The van der Waals surface area contributed by atoms with E-state index in [-0.39, 0.29) is 56.3 Å². The van der Waals surface area contributed by atoms with Crippen molar-refractivity contribution in [3.63, 3.8) is 0 Å². The van der Waals surface area contributed by atoms with Gasteiger partial charge in [0, 0.05) is 11.6 Å². The molecule has 0 fully saturated rings. The number of phenolic OH excluding ortho intramolecular Hbond substituents is 1. The zero-order chi connectivity index (χ0) is 24.9. The van der Waals surface area contributed by atoms with Gasteiger partial charge in [-0.1, -0.05) is 29.4 Å². The minimum Gasteiger partial charge on any atom is -0.506 e. The van der Waals surface area contributed by atoms with Crippen molar-refractivity contribution in [1.82, 2.24) is 0 Å². The van der Waals surface area contributed by atoms with Crippen molar-refractivity contribution in [3.8, 4) is 17.2 Å². The number of hydrogen-bond donors (Lipinski definition) is 2. The first-order valence-corrected chi connectivity index (χ1v) is 11.1. The number of hydrogen-bond acceptors (Lipinski definition) is 6. The highest BCUT2D eigenvalue weighted by molar-refractivity contribution is 6.06. The highest BCUT2D eigenvalue weighted by atomic mass is 16.5. The van der Waals surface area contributed by atoms with E-state index in [4.69, 9.17) is 9.15 Å². The summed E-state index contributed by atoms with van der Waals surface area (Å²) < 4.78 is 12.1. The van der Waals surface area contributed by atoms with Crippen LogP contribution in [0.15, 0.2) is 49.4 Å². The Bertz CT molecular complexity index is 1610. The maximum Gasteiger partial charge on any atom is 0.228 e. The molecular weight excluding hydrogens is 432 g/mol. The molecule has 2 N–H and O–H groups in total. The first-order valence-electron chi connectivity index (χ1n) is 11.1. The smallest absolute Gasteiger partial charge is 0.228 e. The third-order valence-electron chi connectivity index (χ3n) is 5.76. The number of fused-ring (bicyclic) bond motifs is 4. The zero-order valence-electron chi connectivity index (χ0n) is 20.2. The second kappa shape index (κ2) is 8.20. The van der Waals surface area contributed by atoms with Crippen LogP contribution >= 0.6 is 0 Å². The van der Waals surface area contributed by atoms with Crippen molar-refractivity contribution in [2.24, 2.45) is 0 Å². The zero-order valence-corrected chi connectivity index (χ0v) is 20.2. The molecule has 3 aromatic rings. The van der Waals surface area contributed by atoms with E-state index in [1.54, 1.807) is 18.2 Å². The average molecular weight is 461 g/mol. The SMILES string of the molecule is CC(C)=C/C=c1/c(O)c2c(O)c3c4c(c(=O)c(CC=C(C)C)c3oc2cc1=O)OC(C)(C)C=C4. The third kappa shape index (κ3) is 3.89. The van der Waals surface area contributed by atoms with Gasteiger partial charge in [-0.2, -0.15) is 0 Å². The molecule has 0 bridgehead atoms. The van der Waals surface area contributed by atoms with Gasteiger partial charge in [-0.3, -0.25) is 9.59 Å². The Hall–Kier alpha value is -3.80. The third-order valence-corrected chi connectivity index (χ3v) is 5.76. The van der Waals surface area contributed by atoms with Gasteiger partial charge in [-0.05, 0) is 60.1 Å². The van der Waals surface area contributed by atoms with Gasteiger partial charge in [0.1, 0.15) is 33.7 Å². The largest absolute Gasteiger partial charge is 0.506 e. The molecule has 34 heavy (non-hydrogen) atoms. The normalized spacial score (nSPS) is 14.7. The minimum absolute atomic E-state index is 0.000636. The molecule has 0 atom stereocenters. The molecule has 1 aliphatic rings. The maximum absolute atomic E-state index is 13.5. The first kappa shape index (κ1) is 23.4. The number of ether oxygens (including phenoxy) is 1. The van der Waals surface area contributed by atoms with Crippen LogP contribution in [0.1, 0.15) is 52.7 Å². The summed E-state index contributed by atoms with van der Waals surface area (Å²) in [5.74, 6) is -0.531. The lowest BCUT2D eigenvalue weighted by Crippen LogP contribution is -2.31. The molecule has 6 heteroatoms. The van der Waals surface area contributed by atoms with Crippen LogP contribution in [0.4, 0.5) is 0 Å². The van der Waals surface area contributed by atoms with Gasteiger partial charge in [-0.15, -0.1) is 0 Å². The molecule has 0 saturated carbocycles. The molecule has 2 heterocycles. The van der Waals surface area contributed by atoms with E-state index in [9.17, 15) is 19.8 Å². The van der Waals surface area contributed by atoms with Gasteiger partial charge >= 0.3 is 0 Å². The monoisotopic (exact) mass is 460 g/mol. The number of benzene rings is 2. The first-order chi connectivity index (χ1) is 15.9. The van der Waals surface area contributed by atoms with Crippen LogP contribution in [0.25, 0.3) is 34.1 Å². The van der Waals surface area contributed by atoms with E-state index in [2.05, 4.69) is 0 Å². The summed E-state index contributed by atoms with van der Waals surface area (Å²) in [6.07, 6.45) is 8.88. The predicted octanol–water partition coefficient (Wildman–Crippen LogP) is 4.88. The fourth-order valence-corrected chi connectivity index (χ4v) is 4.02. The summed E-state index contributed by atoms with van der Waals surface area (Å²) in [6, 6.07) is 1.23. The maximum atomic E-state index is 13.5. The molecule has 4 rings (SSSR count). The second-order valence-electron chi connectivity index (χ2n) is 9.65. The molecule has 2 aromatic carbocycles. The summed E-state index contributed by atoms with van der Waals surface area (Å²) in [6.45, 7) is 11.3. The summed E-state index contributed by atoms with van der Waals surface area (Å²) in [7, 11) is 0. The van der Waals surface area contributed by atoms with Gasteiger partial charge in [0.15, 0.2) is 11.2 Å². The van der Waals surface area contributed by atoms with Crippen molar-refractivity contribution in [1.29, 1.82) is 0 Å². The molecule has 0 radical (unpaired) electrons. The second-order valence-corrected chi connectivity index (χ2v) is 9.65. The van der Waals surface area contributed by atoms with Crippen LogP contribution in [0.5, 0.6) is 17.2 Å². The number of rotatable bonds is 3. The molecule has 1 aromatic heterocycles. The average Bonchev–Trinajstić information content (AvgIpc) is 2.72. The molecule has 6 nitrogen and oxygen atoms in total. The van der Waals surface area contributed by atoms with Crippen molar-refractivity contribution in [2.75, 3.05) is 0 Å². The fourth-order valence-electron chi connectivity index (χ4n) is 4.02. The molecule has 1 aliphatic heterocycles. The van der Waals surface area contributed by atoms with Gasteiger partial charge in [0.05, 0.1) is 16.2 Å². The quantitative estimate of drug-likeness (QED) is 0.427. The predicted molar refractivity (Wildman–Crippen MR) is 136 cm³/mol. The van der Waals surface area contributed by atoms with E-state index in [0.717, 1.165) is 11.1 Å². The van der Waals surface area contributed by atoms with Crippen LogP contribution in [0, 0.1) is 0 Å². The molecule has 0 unspecified atom stereocenters. The van der Waals surface area contributed by atoms with E-state index in [0.29, 0.717) is 11.1 Å². The van der Waals surface area contributed by atoms with Crippen molar-refractivity contribution in [2.45, 2.75) is 53.6 Å². The molecule has 0 saturated heterocycles. The minimum atomic E-state index is -0.705. The highest BCUT2D eigenvalue weighted by Gasteiger charge is 2.30. The van der Waals surface area contributed by atoms with Crippen LogP contribution in [0.2, 0.25) is 0 Å². The molecular formula is C28H28O6. The summed E-state index contributed by atoms with van der Waals surface area (Å²) in [5.41, 5.74) is 1.31. The van der Waals surface area contributed by atoms with Crippen LogP contribution in [-0.2, 0) is 6.42 Å². The van der Waals surface area contributed by atoms with E-state index in [1.165, 1.54) is 12.1 Å². The number of aromatic hydroxyl groups is 2. The van der Waals surface area contributed by atoms with E-state index < -0.39 is 11.0 Å². The topological polar surface area (TPSA) is 97.0 Å². The highest BCUT2D eigenvalue weighted by Crippen LogP contribution is 2.44. The Morgan fingerprint density at radius 2 is 1.74 bits per heavy atom. The van der Waals surface area contributed by atoms with Gasteiger partial charge in [0.2, 0.25) is 5.43 Å².